The Morgan fingerprint density at radius 2 is 1.68 bits per heavy atom. The Morgan fingerprint density at radius 1 is 0.932 bits per heavy atom. The van der Waals surface area contributed by atoms with E-state index in [9.17, 15) is 26.4 Å². The van der Waals surface area contributed by atoms with E-state index >= 15 is 0 Å². The molecule has 0 aromatic heterocycles. The Labute approximate surface area is 257 Å². The molecule has 0 radical (unpaired) electrons. The number of nitrogens with one attached hydrogen (secondary N) is 3. The average Bonchev–Trinajstić information content (AvgIpc) is 3.53. The van der Waals surface area contributed by atoms with Crippen LogP contribution in [0.5, 0.6) is 0 Å². The molecule has 3 aromatic carbocycles. The van der Waals surface area contributed by atoms with Gasteiger partial charge in [-0.05, 0) is 78.1 Å². The molecule has 5 rings (SSSR count). The lowest BCUT2D eigenvalue weighted by atomic mass is 9.85. The van der Waals surface area contributed by atoms with E-state index in [0.29, 0.717) is 17.7 Å². The third-order valence-corrected chi connectivity index (χ3v) is 9.99. The summed E-state index contributed by atoms with van der Waals surface area (Å²) in [6.07, 6.45) is 2.55. The monoisotopic (exact) mass is 625 g/mol. The lowest BCUT2D eigenvalue weighted by molar-refractivity contribution is -0.137. The Kier molecular flexibility index (Phi) is 9.92. The summed E-state index contributed by atoms with van der Waals surface area (Å²) in [6, 6.07) is 17.7. The number of sulfonamides is 1. The van der Waals surface area contributed by atoms with Gasteiger partial charge in [0.2, 0.25) is 15.9 Å². The predicted molar refractivity (Wildman–Crippen MR) is 165 cm³/mol. The second kappa shape index (κ2) is 13.7. The molecular weight excluding hydrogens is 587 g/mol. The molecule has 0 aliphatic heterocycles. The van der Waals surface area contributed by atoms with E-state index in [1.807, 2.05) is 12.1 Å². The Hall–Kier alpha value is -3.47. The van der Waals surface area contributed by atoms with Crippen molar-refractivity contribution in [1.29, 1.82) is 0 Å². The topological polar surface area (TPSA) is 87.3 Å². The van der Waals surface area contributed by atoms with Crippen LogP contribution in [-0.2, 0) is 27.4 Å². The van der Waals surface area contributed by atoms with Crippen molar-refractivity contribution in [3.05, 3.63) is 107 Å². The minimum atomic E-state index is -4.69. The average molecular weight is 626 g/mol. The SMILES string of the molecule is C=C(CNC1CCCC1)c1ccc2c(c1)CCC[C@H]2NC(=O)C[C@@H](NS(=O)(=O)c1cccc(C(F)(F)F)c1)c1ccccc1. The first-order valence-electron chi connectivity index (χ1n) is 15.1. The fourth-order valence-electron chi connectivity index (χ4n) is 6.13. The van der Waals surface area contributed by atoms with Crippen molar-refractivity contribution in [2.45, 2.75) is 80.6 Å². The summed E-state index contributed by atoms with van der Waals surface area (Å²) < 4.78 is 68.7. The van der Waals surface area contributed by atoms with Crippen LogP contribution in [0.3, 0.4) is 0 Å². The maximum atomic E-state index is 13.4. The van der Waals surface area contributed by atoms with E-state index in [1.165, 1.54) is 25.7 Å². The van der Waals surface area contributed by atoms with Crippen LogP contribution >= 0.6 is 0 Å². The van der Waals surface area contributed by atoms with Gasteiger partial charge in [-0.1, -0.05) is 74.0 Å². The molecule has 1 saturated carbocycles. The summed E-state index contributed by atoms with van der Waals surface area (Å²) >= 11 is 0. The Morgan fingerprint density at radius 3 is 2.41 bits per heavy atom. The predicted octanol–water partition coefficient (Wildman–Crippen LogP) is 6.85. The summed E-state index contributed by atoms with van der Waals surface area (Å²) in [5.41, 5.74) is 3.76. The van der Waals surface area contributed by atoms with Crippen molar-refractivity contribution in [2.24, 2.45) is 0 Å². The molecule has 0 spiro atoms. The van der Waals surface area contributed by atoms with E-state index < -0.39 is 32.7 Å². The highest BCUT2D eigenvalue weighted by molar-refractivity contribution is 7.89. The zero-order valence-electron chi connectivity index (χ0n) is 24.5. The maximum absolute atomic E-state index is 13.4. The highest BCUT2D eigenvalue weighted by atomic mass is 32.2. The van der Waals surface area contributed by atoms with E-state index in [1.54, 1.807) is 30.3 Å². The molecular formula is C34H38F3N3O3S. The third kappa shape index (κ3) is 7.97. The zero-order chi connectivity index (χ0) is 31.3. The molecule has 0 unspecified atom stereocenters. The molecule has 3 N–H and O–H groups in total. The minimum Gasteiger partial charge on any atom is -0.349 e. The largest absolute Gasteiger partial charge is 0.416 e. The van der Waals surface area contributed by atoms with Crippen molar-refractivity contribution in [3.63, 3.8) is 0 Å². The van der Waals surface area contributed by atoms with Crippen molar-refractivity contribution < 1.29 is 26.4 Å². The first-order valence-corrected chi connectivity index (χ1v) is 16.6. The number of aryl methyl sites for hydroxylation is 1. The van der Waals surface area contributed by atoms with Gasteiger partial charge in [-0.2, -0.15) is 13.2 Å². The number of fused-ring (bicyclic) bond motifs is 1. The first-order chi connectivity index (χ1) is 21.0. The van der Waals surface area contributed by atoms with Crippen LogP contribution in [-0.4, -0.2) is 26.9 Å². The van der Waals surface area contributed by atoms with Gasteiger partial charge < -0.3 is 10.6 Å². The van der Waals surface area contributed by atoms with Gasteiger partial charge in [0, 0.05) is 19.0 Å². The number of alkyl halides is 3. The summed E-state index contributed by atoms with van der Waals surface area (Å²) in [5, 5.41) is 6.69. The minimum absolute atomic E-state index is 0.226. The fraction of sp³-hybridized carbons (Fsp3) is 0.382. The molecule has 234 valence electrons. The number of rotatable bonds is 11. The number of benzene rings is 3. The van der Waals surface area contributed by atoms with E-state index in [-0.39, 0.29) is 18.4 Å². The zero-order valence-corrected chi connectivity index (χ0v) is 25.3. The molecule has 2 aliphatic rings. The second-order valence-corrected chi connectivity index (χ2v) is 13.4. The fourth-order valence-corrected chi connectivity index (χ4v) is 7.40. The van der Waals surface area contributed by atoms with E-state index in [2.05, 4.69) is 28.0 Å². The lowest BCUT2D eigenvalue weighted by Gasteiger charge is -2.28. The number of halogens is 3. The first kappa shape index (κ1) is 31.9. The molecule has 0 bridgehead atoms. The van der Waals surface area contributed by atoms with Crippen molar-refractivity contribution in [1.82, 2.24) is 15.4 Å². The number of carbonyl (C=O) groups is 1. The maximum Gasteiger partial charge on any atom is 0.416 e. The summed E-state index contributed by atoms with van der Waals surface area (Å²) in [5.74, 6) is -0.363. The number of hydrogen-bond donors (Lipinski definition) is 3. The van der Waals surface area contributed by atoms with Gasteiger partial charge >= 0.3 is 6.18 Å². The van der Waals surface area contributed by atoms with Gasteiger partial charge in [0.15, 0.2) is 0 Å². The third-order valence-electron chi connectivity index (χ3n) is 8.52. The number of amides is 1. The molecule has 0 saturated heterocycles. The van der Waals surface area contributed by atoms with Gasteiger partial charge in [-0.3, -0.25) is 4.79 Å². The molecule has 44 heavy (non-hydrogen) atoms. The van der Waals surface area contributed by atoms with Crippen LogP contribution in [0.2, 0.25) is 0 Å². The molecule has 2 aliphatic carbocycles. The second-order valence-electron chi connectivity index (χ2n) is 11.7. The highest BCUT2D eigenvalue weighted by Gasteiger charge is 2.33. The van der Waals surface area contributed by atoms with Crippen LogP contribution in [0.15, 0.2) is 84.3 Å². The smallest absolute Gasteiger partial charge is 0.349 e. The highest BCUT2D eigenvalue weighted by Crippen LogP contribution is 2.33. The Balaban J connectivity index is 1.28. The summed E-state index contributed by atoms with van der Waals surface area (Å²) in [4.78, 5) is 12.9. The standard InChI is InChI=1S/C34H38F3N3O3S/c1-23(22-38-28-13-5-6-14-28)25-17-18-30-26(19-25)11-7-16-31(30)39-33(41)21-32(24-9-3-2-4-10-24)40-44(42,43)29-15-8-12-27(20-29)34(35,36)37/h2-4,8-10,12,15,17-20,28,31-32,38,40H,1,5-7,11,13-14,16,21-22H2,(H,39,41)/t31-,32-/m1/s1. The molecule has 2 atom stereocenters. The molecule has 1 amide bonds. The van der Waals surface area contributed by atoms with E-state index in [4.69, 9.17) is 0 Å². The molecule has 3 aromatic rings. The number of carbonyl (C=O) groups excluding carboxylic acids is 1. The molecule has 1 fully saturated rings. The van der Waals surface area contributed by atoms with Crippen molar-refractivity contribution in [2.75, 3.05) is 6.54 Å². The molecule has 0 heterocycles. The lowest BCUT2D eigenvalue weighted by Crippen LogP contribution is -2.36. The van der Waals surface area contributed by atoms with Gasteiger partial charge in [0.1, 0.15) is 0 Å². The summed E-state index contributed by atoms with van der Waals surface area (Å²) in [7, 11) is -4.38. The van der Waals surface area contributed by atoms with Crippen LogP contribution in [0, 0.1) is 0 Å². The van der Waals surface area contributed by atoms with Gasteiger partial charge in [-0.25, -0.2) is 13.1 Å². The van der Waals surface area contributed by atoms with Crippen LogP contribution in [0.1, 0.15) is 84.8 Å². The quantitative estimate of drug-likeness (QED) is 0.218. The van der Waals surface area contributed by atoms with E-state index in [0.717, 1.165) is 66.3 Å². The van der Waals surface area contributed by atoms with Gasteiger partial charge in [-0.15, -0.1) is 0 Å². The Bertz CT molecular complexity index is 1590. The normalized spacial score (nSPS) is 18.0. The van der Waals surface area contributed by atoms with Crippen molar-refractivity contribution in [3.8, 4) is 0 Å². The van der Waals surface area contributed by atoms with Crippen molar-refractivity contribution >= 4 is 21.5 Å². The molecule has 6 nitrogen and oxygen atoms in total. The van der Waals surface area contributed by atoms with Crippen LogP contribution in [0.4, 0.5) is 13.2 Å². The molecule has 10 heteroatoms. The summed E-state index contributed by atoms with van der Waals surface area (Å²) in [6.45, 7) is 5.02. The van der Waals surface area contributed by atoms with Crippen LogP contribution < -0.4 is 15.4 Å². The van der Waals surface area contributed by atoms with Gasteiger partial charge in [0.05, 0.1) is 22.5 Å². The van der Waals surface area contributed by atoms with Crippen LogP contribution in [0.25, 0.3) is 5.57 Å². The number of hydrogen-bond acceptors (Lipinski definition) is 4. The van der Waals surface area contributed by atoms with Gasteiger partial charge in [0.25, 0.3) is 0 Å².